The van der Waals surface area contributed by atoms with Crippen LogP contribution in [0.15, 0.2) is 0 Å². The van der Waals surface area contributed by atoms with Crippen molar-refractivity contribution >= 4 is 11.9 Å². The molecule has 0 aromatic heterocycles. The molecule has 5 heteroatoms. The van der Waals surface area contributed by atoms with Crippen LogP contribution in [0.3, 0.4) is 0 Å². The summed E-state index contributed by atoms with van der Waals surface area (Å²) in [6.45, 7) is 1.89. The third-order valence-corrected chi connectivity index (χ3v) is 2.32. The summed E-state index contributed by atoms with van der Waals surface area (Å²) in [5.41, 5.74) is 10.4. The number of carbonyl (C=O) groups excluding carboxylic acids is 1. The second-order valence-electron chi connectivity index (χ2n) is 3.39. The number of amides is 1. The van der Waals surface area contributed by atoms with E-state index in [0.717, 1.165) is 0 Å². The highest BCUT2D eigenvalue weighted by atomic mass is 16.4. The minimum absolute atomic E-state index is 0.0770. The summed E-state index contributed by atoms with van der Waals surface area (Å²) in [6.07, 6.45) is 2.23. The summed E-state index contributed by atoms with van der Waals surface area (Å²) < 4.78 is 0. The number of nitrogens with two attached hydrogens (primary N) is 2. The number of hydrogen-bond donors (Lipinski definition) is 3. The number of primary amides is 1. The first-order valence-corrected chi connectivity index (χ1v) is 4.75. The first-order valence-electron chi connectivity index (χ1n) is 4.75. The molecule has 0 rings (SSSR count). The van der Waals surface area contributed by atoms with E-state index in [-0.39, 0.29) is 11.8 Å². The fraction of sp³-hybridized carbons (Fsp3) is 0.778. The molecule has 5 N–H and O–H groups in total. The van der Waals surface area contributed by atoms with Crippen molar-refractivity contribution in [3.63, 3.8) is 0 Å². The van der Waals surface area contributed by atoms with Crippen LogP contribution in [-0.4, -0.2) is 23.0 Å². The maximum atomic E-state index is 10.6. The van der Waals surface area contributed by atoms with E-state index in [0.29, 0.717) is 25.7 Å². The lowest BCUT2D eigenvalue weighted by Crippen LogP contribution is -2.37. The molecule has 0 aliphatic rings. The van der Waals surface area contributed by atoms with Crippen LogP contribution in [0.2, 0.25) is 0 Å². The molecule has 0 heterocycles. The zero-order valence-electron chi connectivity index (χ0n) is 8.40. The van der Waals surface area contributed by atoms with E-state index in [1.807, 2.05) is 6.92 Å². The van der Waals surface area contributed by atoms with Gasteiger partial charge < -0.3 is 16.6 Å². The standard InChI is InChI=1S/C9H18N2O3/c1-2-6(8(11)9(13)14)4-3-5-7(10)12/h6,8H,2-5,11H2,1H3,(H2,10,12)(H,13,14). The molecule has 0 radical (unpaired) electrons. The molecule has 14 heavy (non-hydrogen) atoms. The predicted molar refractivity (Wildman–Crippen MR) is 52.4 cm³/mol. The largest absolute Gasteiger partial charge is 0.480 e. The molecule has 2 unspecified atom stereocenters. The second-order valence-corrected chi connectivity index (χ2v) is 3.39. The molecule has 0 saturated carbocycles. The normalized spacial score (nSPS) is 14.7. The van der Waals surface area contributed by atoms with Gasteiger partial charge in [0.15, 0.2) is 0 Å². The fourth-order valence-electron chi connectivity index (χ4n) is 1.38. The molecule has 0 aliphatic heterocycles. The van der Waals surface area contributed by atoms with Crippen molar-refractivity contribution in [1.82, 2.24) is 0 Å². The lowest BCUT2D eigenvalue weighted by atomic mass is 9.92. The van der Waals surface area contributed by atoms with Crippen molar-refractivity contribution in [3.8, 4) is 0 Å². The number of carboxylic acids is 1. The zero-order valence-corrected chi connectivity index (χ0v) is 8.40. The van der Waals surface area contributed by atoms with Crippen LogP contribution in [0.4, 0.5) is 0 Å². The highest BCUT2D eigenvalue weighted by Gasteiger charge is 2.21. The number of carbonyl (C=O) groups is 2. The average molecular weight is 202 g/mol. The predicted octanol–water partition coefficient (Wildman–Crippen LogP) is 0.0801. The van der Waals surface area contributed by atoms with Crippen LogP contribution in [-0.2, 0) is 9.59 Å². The maximum absolute atomic E-state index is 10.6. The zero-order chi connectivity index (χ0) is 11.1. The van der Waals surface area contributed by atoms with Gasteiger partial charge in [0, 0.05) is 6.42 Å². The van der Waals surface area contributed by atoms with Crippen LogP contribution in [0.25, 0.3) is 0 Å². The first kappa shape index (κ1) is 12.9. The van der Waals surface area contributed by atoms with E-state index in [1.54, 1.807) is 0 Å². The van der Waals surface area contributed by atoms with Crippen molar-refractivity contribution in [2.45, 2.75) is 38.6 Å². The Labute approximate surface area is 83.5 Å². The Kier molecular flexibility index (Phi) is 5.87. The Bertz CT molecular complexity index is 206. The smallest absolute Gasteiger partial charge is 0.320 e. The summed E-state index contributed by atoms with van der Waals surface area (Å²) >= 11 is 0. The molecular weight excluding hydrogens is 184 g/mol. The molecule has 0 spiro atoms. The monoisotopic (exact) mass is 202 g/mol. The van der Waals surface area contributed by atoms with Gasteiger partial charge in [0.25, 0.3) is 0 Å². The molecule has 2 atom stereocenters. The molecule has 1 amide bonds. The minimum Gasteiger partial charge on any atom is -0.480 e. The van der Waals surface area contributed by atoms with E-state index >= 15 is 0 Å². The van der Waals surface area contributed by atoms with E-state index in [9.17, 15) is 9.59 Å². The highest BCUT2D eigenvalue weighted by molar-refractivity contribution is 5.74. The van der Waals surface area contributed by atoms with Gasteiger partial charge in [-0.05, 0) is 18.8 Å². The van der Waals surface area contributed by atoms with E-state index in [1.165, 1.54) is 0 Å². The fourth-order valence-corrected chi connectivity index (χ4v) is 1.38. The van der Waals surface area contributed by atoms with E-state index in [4.69, 9.17) is 16.6 Å². The van der Waals surface area contributed by atoms with Crippen LogP contribution in [0, 0.1) is 5.92 Å². The Morgan fingerprint density at radius 2 is 2.00 bits per heavy atom. The van der Waals surface area contributed by atoms with Crippen LogP contribution in [0.1, 0.15) is 32.6 Å². The van der Waals surface area contributed by atoms with Gasteiger partial charge in [0.1, 0.15) is 6.04 Å². The Hall–Kier alpha value is -1.10. The van der Waals surface area contributed by atoms with Gasteiger partial charge in [0.2, 0.25) is 5.91 Å². The molecule has 82 valence electrons. The van der Waals surface area contributed by atoms with Crippen LogP contribution in [0.5, 0.6) is 0 Å². The van der Waals surface area contributed by atoms with Crippen molar-refractivity contribution in [1.29, 1.82) is 0 Å². The Morgan fingerprint density at radius 1 is 1.43 bits per heavy atom. The molecule has 0 saturated heterocycles. The molecule has 0 bridgehead atoms. The highest BCUT2D eigenvalue weighted by Crippen LogP contribution is 2.15. The van der Waals surface area contributed by atoms with Crippen molar-refractivity contribution in [2.24, 2.45) is 17.4 Å². The van der Waals surface area contributed by atoms with E-state index in [2.05, 4.69) is 0 Å². The van der Waals surface area contributed by atoms with Gasteiger partial charge in [0.05, 0.1) is 0 Å². The third-order valence-electron chi connectivity index (χ3n) is 2.32. The third kappa shape index (κ3) is 4.81. The van der Waals surface area contributed by atoms with Crippen LogP contribution >= 0.6 is 0 Å². The van der Waals surface area contributed by atoms with Crippen molar-refractivity contribution in [3.05, 3.63) is 0 Å². The summed E-state index contributed by atoms with van der Waals surface area (Å²) in [5, 5.41) is 8.68. The van der Waals surface area contributed by atoms with Gasteiger partial charge in [-0.25, -0.2) is 0 Å². The SMILES string of the molecule is CCC(CCCC(N)=O)C(N)C(=O)O. The Balaban J connectivity index is 3.90. The number of aliphatic carboxylic acids is 1. The van der Waals surface area contributed by atoms with Gasteiger partial charge in [-0.3, -0.25) is 9.59 Å². The van der Waals surface area contributed by atoms with Crippen molar-refractivity contribution in [2.75, 3.05) is 0 Å². The maximum Gasteiger partial charge on any atom is 0.320 e. The van der Waals surface area contributed by atoms with Gasteiger partial charge in [-0.2, -0.15) is 0 Å². The lowest BCUT2D eigenvalue weighted by molar-refractivity contribution is -0.140. The average Bonchev–Trinajstić information content (AvgIpc) is 2.10. The molecule has 0 fully saturated rings. The second kappa shape index (κ2) is 6.37. The minimum atomic E-state index is -0.990. The topological polar surface area (TPSA) is 106 Å². The van der Waals surface area contributed by atoms with E-state index < -0.39 is 12.0 Å². The quantitative estimate of drug-likeness (QED) is 0.543. The Morgan fingerprint density at radius 3 is 2.36 bits per heavy atom. The van der Waals surface area contributed by atoms with Gasteiger partial charge in [-0.1, -0.05) is 13.3 Å². The molecular formula is C9H18N2O3. The molecule has 5 nitrogen and oxygen atoms in total. The number of hydrogen-bond acceptors (Lipinski definition) is 3. The first-order chi connectivity index (χ1) is 6.49. The molecule has 0 aromatic rings. The molecule has 0 aliphatic carbocycles. The van der Waals surface area contributed by atoms with Crippen molar-refractivity contribution < 1.29 is 14.7 Å². The summed E-state index contributed by atoms with van der Waals surface area (Å²) in [7, 11) is 0. The lowest BCUT2D eigenvalue weighted by Gasteiger charge is -2.18. The summed E-state index contributed by atoms with van der Waals surface area (Å²) in [6, 6.07) is -0.840. The van der Waals surface area contributed by atoms with Gasteiger partial charge >= 0.3 is 5.97 Å². The number of carboxylic acid groups (broad SMARTS) is 1. The summed E-state index contributed by atoms with van der Waals surface area (Å²) in [4.78, 5) is 21.0. The molecule has 0 aromatic carbocycles. The summed E-state index contributed by atoms with van der Waals surface area (Å²) in [5.74, 6) is -1.42. The van der Waals surface area contributed by atoms with Gasteiger partial charge in [-0.15, -0.1) is 0 Å². The van der Waals surface area contributed by atoms with Crippen LogP contribution < -0.4 is 11.5 Å². The number of rotatable bonds is 7.